The fraction of sp³-hybridized carbons (Fsp3) is 0. The second-order valence-electron chi connectivity index (χ2n) is 3.91. The lowest BCUT2D eigenvalue weighted by atomic mass is 10.2. The maximum Gasteiger partial charge on any atom is 0.0116 e. The minimum atomic E-state index is 1.22. The van der Waals surface area contributed by atoms with Crippen molar-refractivity contribution in [2.24, 2.45) is 0 Å². The van der Waals surface area contributed by atoms with E-state index in [0.717, 1.165) is 0 Å². The van der Waals surface area contributed by atoms with E-state index in [9.17, 15) is 0 Å². The Morgan fingerprint density at radius 3 is 2.00 bits per heavy atom. The van der Waals surface area contributed by atoms with Gasteiger partial charge in [0, 0.05) is 4.90 Å². The Hall–Kier alpha value is -1.99. The van der Waals surface area contributed by atoms with E-state index in [4.69, 9.17) is 0 Å². The molecule has 2 aromatic carbocycles. The molecule has 0 saturated heterocycles. The van der Waals surface area contributed by atoms with Crippen molar-refractivity contribution >= 4 is 17.8 Å². The third-order valence-electron chi connectivity index (χ3n) is 2.45. The summed E-state index contributed by atoms with van der Waals surface area (Å²) in [6.45, 7) is 0. The first kappa shape index (κ1) is 13.4. The van der Waals surface area contributed by atoms with Crippen LogP contribution in [0.5, 0.6) is 0 Å². The topological polar surface area (TPSA) is 0 Å². The predicted molar refractivity (Wildman–Crippen MR) is 86.1 cm³/mol. The minimum Gasteiger partial charge on any atom is -0.0981 e. The lowest BCUT2D eigenvalue weighted by molar-refractivity contribution is 1.47. The molecule has 0 heterocycles. The zero-order valence-electron chi connectivity index (χ0n) is 10.6. The lowest BCUT2D eigenvalue weighted by Gasteiger charge is -1.92. The molecule has 0 N–H and O–H groups in total. The number of rotatable bonds is 5. The quantitative estimate of drug-likeness (QED) is 0.503. The van der Waals surface area contributed by atoms with E-state index in [0.29, 0.717) is 0 Å². The fourth-order valence-corrected chi connectivity index (χ4v) is 2.16. The second kappa shape index (κ2) is 8.17. The van der Waals surface area contributed by atoms with Crippen LogP contribution in [0.4, 0.5) is 0 Å². The van der Waals surface area contributed by atoms with Gasteiger partial charge in [-0.1, -0.05) is 90.7 Å². The monoisotopic (exact) mass is 264 g/mol. The summed E-state index contributed by atoms with van der Waals surface area (Å²) in [6.07, 6.45) is 10.3. The van der Waals surface area contributed by atoms with Gasteiger partial charge in [-0.25, -0.2) is 0 Å². The van der Waals surface area contributed by atoms with Crippen molar-refractivity contribution in [3.8, 4) is 0 Å². The van der Waals surface area contributed by atoms with E-state index in [1.807, 2.05) is 48.6 Å². The van der Waals surface area contributed by atoms with Gasteiger partial charge in [0.1, 0.15) is 0 Å². The smallest absolute Gasteiger partial charge is 0.0116 e. The first-order chi connectivity index (χ1) is 9.45. The van der Waals surface area contributed by atoms with Gasteiger partial charge in [-0.2, -0.15) is 0 Å². The van der Waals surface area contributed by atoms with Gasteiger partial charge in [0.05, 0.1) is 0 Å². The van der Waals surface area contributed by atoms with Crippen molar-refractivity contribution in [1.82, 2.24) is 0 Å². The summed E-state index contributed by atoms with van der Waals surface area (Å²) in [5, 5.41) is 2.09. The van der Waals surface area contributed by atoms with Crippen molar-refractivity contribution < 1.29 is 0 Å². The average molecular weight is 264 g/mol. The maximum atomic E-state index is 2.11. The number of allylic oxidation sites excluding steroid dienone is 4. The largest absolute Gasteiger partial charge is 0.0981 e. The summed E-state index contributed by atoms with van der Waals surface area (Å²) < 4.78 is 0. The van der Waals surface area contributed by atoms with Crippen LogP contribution < -0.4 is 0 Å². The molecule has 0 amide bonds. The molecule has 2 rings (SSSR count). The molecule has 0 aromatic heterocycles. The molecule has 19 heavy (non-hydrogen) atoms. The predicted octanol–water partition coefficient (Wildman–Crippen LogP) is 5.56. The third-order valence-corrected chi connectivity index (χ3v) is 3.29. The zero-order valence-corrected chi connectivity index (χ0v) is 11.5. The van der Waals surface area contributed by atoms with Gasteiger partial charge < -0.3 is 0 Å². The van der Waals surface area contributed by atoms with Crippen molar-refractivity contribution in [3.63, 3.8) is 0 Å². The number of hydrogen-bond donors (Lipinski definition) is 0. The van der Waals surface area contributed by atoms with Gasteiger partial charge in [0.2, 0.25) is 0 Å². The average Bonchev–Trinajstić information content (AvgIpc) is 2.48. The van der Waals surface area contributed by atoms with Gasteiger partial charge in [0.15, 0.2) is 0 Å². The summed E-state index contributed by atoms with van der Waals surface area (Å²) in [4.78, 5) is 1.26. The molecule has 94 valence electrons. The Labute approximate surface area is 119 Å². The molecule has 0 nitrogen and oxygen atoms in total. The molecule has 0 radical (unpaired) electrons. The number of thioether (sulfide) groups is 1. The Bertz CT molecular complexity index is 551. The molecule has 0 aliphatic carbocycles. The SMILES string of the molecule is C(/C=C\c1ccccc1)=C/C=C/Sc1ccccc1. The summed E-state index contributed by atoms with van der Waals surface area (Å²) in [7, 11) is 0. The summed E-state index contributed by atoms with van der Waals surface area (Å²) in [5.41, 5.74) is 1.22. The summed E-state index contributed by atoms with van der Waals surface area (Å²) >= 11 is 1.72. The summed E-state index contributed by atoms with van der Waals surface area (Å²) in [5.74, 6) is 0. The van der Waals surface area contributed by atoms with Crippen LogP contribution in [-0.4, -0.2) is 0 Å². The molecule has 0 aliphatic heterocycles. The van der Waals surface area contributed by atoms with Crippen LogP contribution in [0.25, 0.3) is 6.08 Å². The molecule has 0 saturated carbocycles. The minimum absolute atomic E-state index is 1.22. The van der Waals surface area contributed by atoms with Crippen molar-refractivity contribution in [2.45, 2.75) is 4.90 Å². The first-order valence-corrected chi connectivity index (χ1v) is 7.10. The highest BCUT2D eigenvalue weighted by Crippen LogP contribution is 2.17. The van der Waals surface area contributed by atoms with Gasteiger partial charge >= 0.3 is 0 Å². The van der Waals surface area contributed by atoms with E-state index in [-0.39, 0.29) is 0 Å². The third kappa shape index (κ3) is 5.45. The Morgan fingerprint density at radius 2 is 1.26 bits per heavy atom. The van der Waals surface area contributed by atoms with Crippen LogP contribution in [0, 0.1) is 0 Å². The van der Waals surface area contributed by atoms with Crippen LogP contribution in [0.15, 0.2) is 95.3 Å². The van der Waals surface area contributed by atoms with Crippen LogP contribution in [0.3, 0.4) is 0 Å². The van der Waals surface area contributed by atoms with Crippen molar-refractivity contribution in [2.75, 3.05) is 0 Å². The molecular formula is C18H16S. The molecule has 0 aliphatic rings. The fourth-order valence-electron chi connectivity index (χ4n) is 1.52. The van der Waals surface area contributed by atoms with E-state index in [1.165, 1.54) is 10.5 Å². The number of benzene rings is 2. The van der Waals surface area contributed by atoms with E-state index >= 15 is 0 Å². The molecular weight excluding hydrogens is 248 g/mol. The Morgan fingerprint density at radius 1 is 0.632 bits per heavy atom. The van der Waals surface area contributed by atoms with E-state index < -0.39 is 0 Å². The zero-order chi connectivity index (χ0) is 13.2. The van der Waals surface area contributed by atoms with E-state index in [1.54, 1.807) is 11.8 Å². The second-order valence-corrected chi connectivity index (χ2v) is 4.89. The van der Waals surface area contributed by atoms with Crippen LogP contribution >= 0.6 is 11.8 Å². The van der Waals surface area contributed by atoms with Crippen LogP contribution in [-0.2, 0) is 0 Å². The highest BCUT2D eigenvalue weighted by molar-refractivity contribution is 8.02. The van der Waals surface area contributed by atoms with Gasteiger partial charge in [-0.05, 0) is 23.1 Å². The molecule has 0 atom stereocenters. The van der Waals surface area contributed by atoms with E-state index in [2.05, 4.69) is 47.9 Å². The standard InChI is InChI=1S/C18H16S/c1(5-11-17-12-6-3-7-13-17)2-10-16-19-18-14-8-4-9-15-18/h1-16H/b2-1-,11-5-,16-10+. The molecule has 1 heteroatoms. The highest BCUT2D eigenvalue weighted by atomic mass is 32.2. The van der Waals surface area contributed by atoms with Gasteiger partial charge in [-0.3, -0.25) is 0 Å². The van der Waals surface area contributed by atoms with Crippen LogP contribution in [0.1, 0.15) is 5.56 Å². The normalized spacial score (nSPS) is 11.8. The molecule has 0 unspecified atom stereocenters. The Kier molecular flexibility index (Phi) is 5.78. The van der Waals surface area contributed by atoms with Gasteiger partial charge in [0.25, 0.3) is 0 Å². The summed E-state index contributed by atoms with van der Waals surface area (Å²) in [6, 6.07) is 20.6. The highest BCUT2D eigenvalue weighted by Gasteiger charge is 1.84. The lowest BCUT2D eigenvalue weighted by Crippen LogP contribution is -1.66. The van der Waals surface area contributed by atoms with Crippen molar-refractivity contribution in [1.29, 1.82) is 0 Å². The maximum absolute atomic E-state index is 2.11. The molecule has 2 aromatic rings. The molecule has 0 bridgehead atoms. The van der Waals surface area contributed by atoms with Crippen molar-refractivity contribution in [3.05, 3.63) is 95.9 Å². The molecule has 0 spiro atoms. The van der Waals surface area contributed by atoms with Gasteiger partial charge in [-0.15, -0.1) is 0 Å². The number of hydrogen-bond acceptors (Lipinski definition) is 1. The Balaban J connectivity index is 1.76. The first-order valence-electron chi connectivity index (χ1n) is 6.22. The molecule has 0 fully saturated rings. The van der Waals surface area contributed by atoms with Crippen LogP contribution in [0.2, 0.25) is 0 Å².